The van der Waals surface area contributed by atoms with Gasteiger partial charge < -0.3 is 10.4 Å². The molecule has 94 valence electrons. The maximum atomic E-state index is 9.73. The average molecular weight is 233 g/mol. The Morgan fingerprint density at radius 3 is 2.47 bits per heavy atom. The summed E-state index contributed by atoms with van der Waals surface area (Å²) >= 11 is 0. The highest BCUT2D eigenvalue weighted by atomic mass is 16.3. The van der Waals surface area contributed by atoms with E-state index in [1.54, 1.807) is 0 Å². The van der Waals surface area contributed by atoms with E-state index in [0.717, 1.165) is 31.0 Å². The molecule has 1 aromatic carbocycles. The number of hydrogen-bond donors (Lipinski definition) is 2. The highest BCUT2D eigenvalue weighted by molar-refractivity contribution is 5.24. The summed E-state index contributed by atoms with van der Waals surface area (Å²) in [5.41, 5.74) is 2.45. The Bertz CT molecular complexity index is 327. The van der Waals surface area contributed by atoms with Crippen molar-refractivity contribution in [2.75, 3.05) is 13.1 Å². The summed E-state index contributed by atoms with van der Waals surface area (Å²) in [5.74, 6) is 0.832. The van der Waals surface area contributed by atoms with Crippen molar-refractivity contribution in [1.82, 2.24) is 5.32 Å². The largest absolute Gasteiger partial charge is 0.388 e. The summed E-state index contributed by atoms with van der Waals surface area (Å²) in [6.07, 6.45) is 4.25. The van der Waals surface area contributed by atoms with Crippen LogP contribution in [0, 0.1) is 5.92 Å². The Morgan fingerprint density at radius 1 is 1.24 bits per heavy atom. The second-order valence-corrected chi connectivity index (χ2v) is 5.06. The van der Waals surface area contributed by atoms with Gasteiger partial charge in [-0.3, -0.25) is 0 Å². The first-order valence-electron chi connectivity index (χ1n) is 6.77. The zero-order valence-electron chi connectivity index (χ0n) is 10.7. The lowest BCUT2D eigenvalue weighted by Gasteiger charge is -2.22. The summed E-state index contributed by atoms with van der Waals surface area (Å²) in [6, 6.07) is 8.50. The highest BCUT2D eigenvalue weighted by Gasteiger charge is 2.13. The van der Waals surface area contributed by atoms with Crippen molar-refractivity contribution in [2.24, 2.45) is 5.92 Å². The zero-order valence-corrected chi connectivity index (χ0v) is 10.7. The van der Waals surface area contributed by atoms with Crippen molar-refractivity contribution >= 4 is 0 Å². The predicted octanol–water partition coefficient (Wildman–Crippen LogP) is 2.67. The number of aliphatic hydroxyl groups is 1. The minimum atomic E-state index is -0.303. The van der Waals surface area contributed by atoms with Crippen LogP contribution in [0.25, 0.3) is 0 Å². The highest BCUT2D eigenvalue weighted by Crippen LogP contribution is 2.21. The van der Waals surface area contributed by atoms with Gasteiger partial charge in [-0.25, -0.2) is 0 Å². The van der Waals surface area contributed by atoms with Gasteiger partial charge in [-0.15, -0.1) is 0 Å². The fraction of sp³-hybridized carbons (Fsp3) is 0.600. The number of rotatable bonds is 4. The van der Waals surface area contributed by atoms with Gasteiger partial charge in [0.2, 0.25) is 0 Å². The molecule has 2 heteroatoms. The number of nitrogens with one attached hydrogen (secondary N) is 1. The molecule has 0 bridgehead atoms. The van der Waals surface area contributed by atoms with E-state index in [0.29, 0.717) is 0 Å². The Hall–Kier alpha value is -0.860. The van der Waals surface area contributed by atoms with Crippen molar-refractivity contribution in [3.8, 4) is 0 Å². The third-order valence-corrected chi connectivity index (χ3v) is 3.73. The first-order valence-corrected chi connectivity index (χ1v) is 6.77. The normalized spacial score (nSPS) is 19.2. The third-order valence-electron chi connectivity index (χ3n) is 3.73. The van der Waals surface area contributed by atoms with E-state index >= 15 is 0 Å². The van der Waals surface area contributed by atoms with Crippen LogP contribution in [0.1, 0.15) is 43.4 Å². The molecule has 2 nitrogen and oxygen atoms in total. The van der Waals surface area contributed by atoms with Gasteiger partial charge in [0.15, 0.2) is 0 Å². The zero-order chi connectivity index (χ0) is 12.1. The number of piperidine rings is 1. The Kier molecular flexibility index (Phi) is 4.57. The quantitative estimate of drug-likeness (QED) is 0.838. The topological polar surface area (TPSA) is 32.3 Å². The molecule has 2 N–H and O–H groups in total. The molecule has 0 amide bonds. The summed E-state index contributed by atoms with van der Waals surface area (Å²) < 4.78 is 0. The molecule has 1 atom stereocenters. The first kappa shape index (κ1) is 12.6. The number of aliphatic hydroxyl groups excluding tert-OH is 1. The minimum absolute atomic E-state index is 0.303. The summed E-state index contributed by atoms with van der Waals surface area (Å²) in [5, 5.41) is 13.1. The lowest BCUT2D eigenvalue weighted by Crippen LogP contribution is -2.28. The van der Waals surface area contributed by atoms with Crippen LogP contribution in [0.3, 0.4) is 0 Å². The molecule has 0 aliphatic carbocycles. The van der Waals surface area contributed by atoms with Crippen LogP contribution in [-0.2, 0) is 6.42 Å². The van der Waals surface area contributed by atoms with E-state index in [4.69, 9.17) is 0 Å². The van der Waals surface area contributed by atoms with Gasteiger partial charge in [0.05, 0.1) is 6.10 Å². The lowest BCUT2D eigenvalue weighted by atomic mass is 9.90. The monoisotopic (exact) mass is 233 g/mol. The van der Waals surface area contributed by atoms with E-state index in [9.17, 15) is 5.11 Å². The fourth-order valence-corrected chi connectivity index (χ4v) is 2.53. The first-order chi connectivity index (χ1) is 8.29. The van der Waals surface area contributed by atoms with Crippen molar-refractivity contribution < 1.29 is 5.11 Å². The van der Waals surface area contributed by atoms with E-state index in [1.165, 1.54) is 24.8 Å². The van der Waals surface area contributed by atoms with Crippen molar-refractivity contribution in [3.05, 3.63) is 35.4 Å². The average Bonchev–Trinajstić information content (AvgIpc) is 2.40. The van der Waals surface area contributed by atoms with Gasteiger partial charge in [0, 0.05) is 0 Å². The summed E-state index contributed by atoms with van der Waals surface area (Å²) in [6.45, 7) is 4.34. The second kappa shape index (κ2) is 6.18. The molecule has 2 rings (SSSR count). The van der Waals surface area contributed by atoms with Crippen molar-refractivity contribution in [3.63, 3.8) is 0 Å². The van der Waals surface area contributed by atoms with Gasteiger partial charge in [0.25, 0.3) is 0 Å². The molecule has 1 unspecified atom stereocenters. The molecular formula is C15H23NO. The summed E-state index contributed by atoms with van der Waals surface area (Å²) in [7, 11) is 0. The fourth-order valence-electron chi connectivity index (χ4n) is 2.53. The van der Waals surface area contributed by atoms with Gasteiger partial charge in [-0.1, -0.05) is 31.2 Å². The minimum Gasteiger partial charge on any atom is -0.388 e. The lowest BCUT2D eigenvalue weighted by molar-refractivity contribution is 0.173. The SMILES string of the molecule is CCC(O)c1ccc(CC2CCNCC2)cc1. The molecule has 1 heterocycles. The third kappa shape index (κ3) is 3.55. The van der Waals surface area contributed by atoms with Crippen LogP contribution in [0.5, 0.6) is 0 Å². The van der Waals surface area contributed by atoms with Gasteiger partial charge >= 0.3 is 0 Å². The van der Waals surface area contributed by atoms with Gasteiger partial charge in [0.1, 0.15) is 0 Å². The molecule has 1 saturated heterocycles. The van der Waals surface area contributed by atoms with Crippen molar-refractivity contribution in [1.29, 1.82) is 0 Å². The maximum Gasteiger partial charge on any atom is 0.0787 e. The Labute approximate surface area is 104 Å². The molecule has 0 radical (unpaired) electrons. The standard InChI is InChI=1S/C15H23NO/c1-2-15(17)14-5-3-12(4-6-14)11-13-7-9-16-10-8-13/h3-6,13,15-17H,2,7-11H2,1H3. The second-order valence-electron chi connectivity index (χ2n) is 5.06. The molecule has 0 saturated carbocycles. The smallest absolute Gasteiger partial charge is 0.0787 e. The van der Waals surface area contributed by atoms with E-state index in [1.807, 2.05) is 6.92 Å². The molecule has 1 aliphatic rings. The molecule has 0 spiro atoms. The van der Waals surface area contributed by atoms with Gasteiger partial charge in [-0.2, -0.15) is 0 Å². The van der Waals surface area contributed by atoms with Crippen LogP contribution in [0.4, 0.5) is 0 Å². The molecule has 0 aromatic heterocycles. The number of benzene rings is 1. The molecular weight excluding hydrogens is 210 g/mol. The molecule has 1 aromatic rings. The van der Waals surface area contributed by atoms with E-state index < -0.39 is 0 Å². The predicted molar refractivity (Wildman–Crippen MR) is 71.0 cm³/mol. The van der Waals surface area contributed by atoms with Gasteiger partial charge in [-0.05, 0) is 55.8 Å². The van der Waals surface area contributed by atoms with E-state index in [-0.39, 0.29) is 6.10 Å². The van der Waals surface area contributed by atoms with Crippen LogP contribution in [-0.4, -0.2) is 18.2 Å². The Balaban J connectivity index is 1.93. The van der Waals surface area contributed by atoms with Crippen molar-refractivity contribution in [2.45, 2.75) is 38.7 Å². The molecule has 1 fully saturated rings. The van der Waals surface area contributed by atoms with Crippen LogP contribution in [0.2, 0.25) is 0 Å². The molecule has 1 aliphatic heterocycles. The Morgan fingerprint density at radius 2 is 1.88 bits per heavy atom. The van der Waals surface area contributed by atoms with E-state index in [2.05, 4.69) is 29.6 Å². The maximum absolute atomic E-state index is 9.73. The molecule has 17 heavy (non-hydrogen) atoms. The number of hydrogen-bond acceptors (Lipinski definition) is 2. The van der Waals surface area contributed by atoms with Crippen LogP contribution >= 0.6 is 0 Å². The summed E-state index contributed by atoms with van der Waals surface area (Å²) in [4.78, 5) is 0. The van der Waals surface area contributed by atoms with Crippen LogP contribution in [0.15, 0.2) is 24.3 Å². The van der Waals surface area contributed by atoms with Crippen LogP contribution < -0.4 is 5.32 Å².